The lowest BCUT2D eigenvalue weighted by Gasteiger charge is -2.14. The molecule has 116 valence electrons. The van der Waals surface area contributed by atoms with E-state index in [1.54, 1.807) is 24.3 Å². The molecule has 22 heavy (non-hydrogen) atoms. The van der Waals surface area contributed by atoms with E-state index < -0.39 is 11.8 Å². The third-order valence-electron chi connectivity index (χ3n) is 3.31. The Labute approximate surface area is 128 Å². The number of halogens is 1. The standard InChI is InChI=1S/C17H18FNO3/c1-3-11-7-13(18)17(14(19)8-11)22-15-5-4-10(2)6-12(15)9-16(20)21/h4-8H,3,9,19H2,1-2H3,(H,20,21). The molecule has 0 unspecified atom stereocenters. The van der Waals surface area contributed by atoms with Gasteiger partial charge in [-0.2, -0.15) is 0 Å². The summed E-state index contributed by atoms with van der Waals surface area (Å²) in [7, 11) is 0. The second-order valence-electron chi connectivity index (χ2n) is 5.13. The summed E-state index contributed by atoms with van der Waals surface area (Å²) in [5.41, 5.74) is 8.19. The summed E-state index contributed by atoms with van der Waals surface area (Å²) in [5, 5.41) is 8.97. The van der Waals surface area contributed by atoms with Gasteiger partial charge in [-0.1, -0.05) is 24.6 Å². The van der Waals surface area contributed by atoms with Crippen molar-refractivity contribution in [1.82, 2.24) is 0 Å². The van der Waals surface area contributed by atoms with E-state index in [-0.39, 0.29) is 17.9 Å². The van der Waals surface area contributed by atoms with Crippen molar-refractivity contribution in [3.8, 4) is 11.5 Å². The van der Waals surface area contributed by atoms with Crippen LogP contribution >= 0.6 is 0 Å². The van der Waals surface area contributed by atoms with Crippen LogP contribution in [-0.2, 0) is 17.6 Å². The van der Waals surface area contributed by atoms with Crippen LogP contribution in [0.2, 0.25) is 0 Å². The Balaban J connectivity index is 2.41. The lowest BCUT2D eigenvalue weighted by molar-refractivity contribution is -0.136. The fourth-order valence-corrected chi connectivity index (χ4v) is 2.20. The predicted octanol–water partition coefficient (Wildman–Crippen LogP) is 3.70. The molecule has 0 radical (unpaired) electrons. The molecular formula is C17H18FNO3. The number of rotatable bonds is 5. The van der Waals surface area contributed by atoms with Crippen LogP contribution in [0.5, 0.6) is 11.5 Å². The molecule has 2 rings (SSSR count). The van der Waals surface area contributed by atoms with Gasteiger partial charge in [0.1, 0.15) is 5.75 Å². The molecule has 2 aromatic rings. The minimum atomic E-state index is -0.981. The van der Waals surface area contributed by atoms with Gasteiger partial charge in [0, 0.05) is 5.56 Å². The third-order valence-corrected chi connectivity index (χ3v) is 3.31. The van der Waals surface area contributed by atoms with Crippen molar-refractivity contribution >= 4 is 11.7 Å². The number of aryl methyl sites for hydroxylation is 2. The van der Waals surface area contributed by atoms with Gasteiger partial charge < -0.3 is 15.6 Å². The zero-order valence-electron chi connectivity index (χ0n) is 12.5. The highest BCUT2D eigenvalue weighted by Crippen LogP contribution is 2.34. The molecule has 0 amide bonds. The number of carbonyl (C=O) groups is 1. The van der Waals surface area contributed by atoms with Crippen LogP contribution in [-0.4, -0.2) is 11.1 Å². The van der Waals surface area contributed by atoms with Gasteiger partial charge in [0.15, 0.2) is 11.6 Å². The summed E-state index contributed by atoms with van der Waals surface area (Å²) in [4.78, 5) is 10.9. The summed E-state index contributed by atoms with van der Waals surface area (Å²) < 4.78 is 19.7. The van der Waals surface area contributed by atoms with Crippen molar-refractivity contribution in [2.75, 3.05) is 5.73 Å². The quantitative estimate of drug-likeness (QED) is 0.826. The maximum atomic E-state index is 14.1. The van der Waals surface area contributed by atoms with Crippen LogP contribution < -0.4 is 10.5 Å². The van der Waals surface area contributed by atoms with Gasteiger partial charge in [-0.05, 0) is 37.1 Å². The smallest absolute Gasteiger partial charge is 0.307 e. The van der Waals surface area contributed by atoms with Crippen LogP contribution in [0.1, 0.15) is 23.6 Å². The average molecular weight is 303 g/mol. The number of anilines is 1. The zero-order valence-corrected chi connectivity index (χ0v) is 12.5. The molecule has 3 N–H and O–H groups in total. The number of hydrogen-bond donors (Lipinski definition) is 2. The van der Waals surface area contributed by atoms with Crippen LogP contribution in [0.25, 0.3) is 0 Å². The van der Waals surface area contributed by atoms with Gasteiger partial charge in [-0.25, -0.2) is 4.39 Å². The molecule has 5 heteroatoms. The first-order valence-corrected chi connectivity index (χ1v) is 6.97. The molecule has 4 nitrogen and oxygen atoms in total. The molecule has 0 saturated carbocycles. The highest BCUT2D eigenvalue weighted by atomic mass is 19.1. The first-order valence-electron chi connectivity index (χ1n) is 6.97. The number of carboxylic acids is 1. The van der Waals surface area contributed by atoms with Gasteiger partial charge >= 0.3 is 5.97 Å². The van der Waals surface area contributed by atoms with Crippen LogP contribution in [0.3, 0.4) is 0 Å². The fraction of sp³-hybridized carbons (Fsp3) is 0.235. The van der Waals surface area contributed by atoms with Gasteiger partial charge in [0.25, 0.3) is 0 Å². The van der Waals surface area contributed by atoms with Gasteiger partial charge in [-0.15, -0.1) is 0 Å². The van der Waals surface area contributed by atoms with E-state index in [4.69, 9.17) is 15.6 Å². The Morgan fingerprint density at radius 3 is 2.64 bits per heavy atom. The molecule has 0 saturated heterocycles. The van der Waals surface area contributed by atoms with Gasteiger partial charge in [0.05, 0.1) is 12.1 Å². The maximum Gasteiger partial charge on any atom is 0.307 e. The summed E-state index contributed by atoms with van der Waals surface area (Å²) >= 11 is 0. The largest absolute Gasteiger partial charge is 0.481 e. The molecule has 0 atom stereocenters. The second-order valence-corrected chi connectivity index (χ2v) is 5.13. The van der Waals surface area contributed by atoms with Gasteiger partial charge in [-0.3, -0.25) is 4.79 Å². The van der Waals surface area contributed by atoms with E-state index in [1.807, 2.05) is 13.8 Å². The molecular weight excluding hydrogens is 285 g/mol. The normalized spacial score (nSPS) is 10.5. The van der Waals surface area contributed by atoms with E-state index in [9.17, 15) is 9.18 Å². The lowest BCUT2D eigenvalue weighted by Crippen LogP contribution is -2.04. The van der Waals surface area contributed by atoms with Crippen molar-refractivity contribution in [2.24, 2.45) is 0 Å². The van der Waals surface area contributed by atoms with Crippen molar-refractivity contribution < 1.29 is 19.0 Å². The minimum Gasteiger partial charge on any atom is -0.481 e. The highest BCUT2D eigenvalue weighted by molar-refractivity contribution is 5.71. The minimum absolute atomic E-state index is 0.0762. The monoisotopic (exact) mass is 303 g/mol. The number of aliphatic carboxylic acids is 1. The summed E-state index contributed by atoms with van der Waals surface area (Å²) in [6, 6.07) is 8.13. The Kier molecular flexibility index (Phi) is 4.65. The molecule has 0 fully saturated rings. The molecule has 0 aliphatic heterocycles. The van der Waals surface area contributed by atoms with E-state index in [0.29, 0.717) is 17.7 Å². The average Bonchev–Trinajstić information content (AvgIpc) is 2.43. The van der Waals surface area contributed by atoms with E-state index >= 15 is 0 Å². The molecule has 0 heterocycles. The zero-order chi connectivity index (χ0) is 16.3. The van der Waals surface area contributed by atoms with Crippen LogP contribution in [0.15, 0.2) is 30.3 Å². The van der Waals surface area contributed by atoms with Crippen LogP contribution in [0.4, 0.5) is 10.1 Å². The van der Waals surface area contributed by atoms with E-state index in [0.717, 1.165) is 11.1 Å². The van der Waals surface area contributed by atoms with E-state index in [2.05, 4.69) is 0 Å². The summed E-state index contributed by atoms with van der Waals surface area (Å²) in [5.74, 6) is -1.32. The SMILES string of the molecule is CCc1cc(N)c(Oc2ccc(C)cc2CC(=O)O)c(F)c1. The first kappa shape index (κ1) is 15.8. The fourth-order valence-electron chi connectivity index (χ4n) is 2.20. The molecule has 0 aliphatic rings. The van der Waals surface area contributed by atoms with Crippen molar-refractivity contribution in [2.45, 2.75) is 26.7 Å². The van der Waals surface area contributed by atoms with Crippen molar-refractivity contribution in [1.29, 1.82) is 0 Å². The lowest BCUT2D eigenvalue weighted by atomic mass is 10.1. The van der Waals surface area contributed by atoms with E-state index in [1.165, 1.54) is 6.07 Å². The summed E-state index contributed by atoms with van der Waals surface area (Å²) in [6.45, 7) is 3.75. The molecule has 0 aromatic heterocycles. The Morgan fingerprint density at radius 2 is 2.05 bits per heavy atom. The number of nitrogen functional groups attached to an aromatic ring is 1. The topological polar surface area (TPSA) is 72.5 Å². The Hall–Kier alpha value is -2.56. The number of carboxylic acid groups (broad SMARTS) is 1. The number of hydrogen-bond acceptors (Lipinski definition) is 3. The van der Waals surface area contributed by atoms with Gasteiger partial charge in [0.2, 0.25) is 0 Å². The first-order chi connectivity index (χ1) is 10.4. The summed E-state index contributed by atoms with van der Waals surface area (Å²) in [6.07, 6.45) is 0.460. The molecule has 2 aromatic carbocycles. The molecule has 0 bridgehead atoms. The number of benzene rings is 2. The third kappa shape index (κ3) is 3.55. The molecule has 0 aliphatic carbocycles. The number of ether oxygens (including phenoxy) is 1. The maximum absolute atomic E-state index is 14.1. The highest BCUT2D eigenvalue weighted by Gasteiger charge is 2.15. The molecule has 0 spiro atoms. The van der Waals surface area contributed by atoms with Crippen molar-refractivity contribution in [3.63, 3.8) is 0 Å². The second kappa shape index (κ2) is 6.47. The number of nitrogens with two attached hydrogens (primary N) is 1. The Morgan fingerprint density at radius 1 is 1.32 bits per heavy atom. The predicted molar refractivity (Wildman–Crippen MR) is 82.8 cm³/mol. The van der Waals surface area contributed by atoms with Crippen LogP contribution in [0, 0.1) is 12.7 Å². The Bertz CT molecular complexity index is 690. The van der Waals surface area contributed by atoms with Crippen molar-refractivity contribution in [3.05, 3.63) is 52.8 Å².